The van der Waals surface area contributed by atoms with Crippen molar-refractivity contribution >= 4 is 34.3 Å². The molecule has 9 nitrogen and oxygen atoms in total. The van der Waals surface area contributed by atoms with E-state index in [1.807, 2.05) is 30.3 Å². The maximum Gasteiger partial charge on any atom is 0.271 e. The van der Waals surface area contributed by atoms with Crippen molar-refractivity contribution in [3.63, 3.8) is 0 Å². The van der Waals surface area contributed by atoms with Crippen LogP contribution in [-0.4, -0.2) is 58.1 Å². The number of hydrogen-bond donors (Lipinski definition) is 3. The quantitative estimate of drug-likeness (QED) is 0.421. The molecule has 2 heterocycles. The summed E-state index contributed by atoms with van der Waals surface area (Å²) in [7, 11) is 1.56. The summed E-state index contributed by atoms with van der Waals surface area (Å²) in [6, 6.07) is 12.5. The highest BCUT2D eigenvalue weighted by Crippen LogP contribution is 2.36. The first kappa shape index (κ1) is 25.7. The number of hydrogen-bond acceptors (Lipinski definition) is 6. The van der Waals surface area contributed by atoms with Crippen LogP contribution in [0.25, 0.3) is 10.9 Å². The summed E-state index contributed by atoms with van der Waals surface area (Å²) in [5.74, 6) is -1.07. The molecule has 198 valence electrons. The lowest BCUT2D eigenvalue weighted by atomic mass is 9.83. The van der Waals surface area contributed by atoms with E-state index >= 15 is 0 Å². The number of fused-ring (bicyclic) bond motifs is 2. The van der Waals surface area contributed by atoms with Crippen molar-refractivity contribution in [1.29, 1.82) is 0 Å². The lowest BCUT2D eigenvalue weighted by Crippen LogP contribution is -2.48. The van der Waals surface area contributed by atoms with Crippen molar-refractivity contribution < 1.29 is 29.0 Å². The molecule has 5 rings (SSSR count). The van der Waals surface area contributed by atoms with Crippen LogP contribution >= 0.6 is 0 Å². The standard InChI is InChI=1S/C29H31N3O6/c1-38-26-12-6-10-21-20(26)14-23(30-21)29(37)32-15-18-8-2-4-9-19(18)27(32)28(36)31-22(25(35)16-33)13-17-7-3-5-11-24(17)34/h2,4,6,8-10,12,14,17,22,27,30,33H,3,5,7,11,13,15-16H2,1H3,(H,31,36)/t17-,22-,27-/m0/s1. The number of Topliss-reactive ketones (excluding diaryl/α,β-unsaturated/α-hetero) is 2. The minimum Gasteiger partial charge on any atom is -0.496 e. The van der Waals surface area contributed by atoms with Crippen molar-refractivity contribution in [2.24, 2.45) is 5.92 Å². The number of amides is 2. The van der Waals surface area contributed by atoms with Gasteiger partial charge in [-0.1, -0.05) is 36.8 Å². The van der Waals surface area contributed by atoms with Gasteiger partial charge in [-0.05, 0) is 48.6 Å². The molecule has 9 heteroatoms. The lowest BCUT2D eigenvalue weighted by Gasteiger charge is -2.28. The smallest absolute Gasteiger partial charge is 0.271 e. The molecular formula is C29H31N3O6. The van der Waals surface area contributed by atoms with Crippen LogP contribution in [0.3, 0.4) is 0 Å². The van der Waals surface area contributed by atoms with Crippen LogP contribution < -0.4 is 10.1 Å². The lowest BCUT2D eigenvalue weighted by molar-refractivity contribution is -0.133. The minimum atomic E-state index is -1.01. The third kappa shape index (κ3) is 4.81. The van der Waals surface area contributed by atoms with E-state index in [1.165, 1.54) is 4.90 Å². The fraction of sp³-hybridized carbons (Fsp3) is 0.379. The third-order valence-electron chi connectivity index (χ3n) is 7.65. The second-order valence-electron chi connectivity index (χ2n) is 9.97. The largest absolute Gasteiger partial charge is 0.496 e. The first-order chi connectivity index (χ1) is 18.4. The number of carbonyl (C=O) groups excluding carboxylic acids is 4. The fourth-order valence-electron chi connectivity index (χ4n) is 5.66. The Labute approximate surface area is 220 Å². The van der Waals surface area contributed by atoms with Crippen molar-refractivity contribution in [3.05, 3.63) is 65.4 Å². The summed E-state index contributed by atoms with van der Waals surface area (Å²) < 4.78 is 5.42. The van der Waals surface area contributed by atoms with Crippen molar-refractivity contribution in [2.45, 2.75) is 50.7 Å². The molecule has 0 saturated heterocycles. The summed E-state index contributed by atoms with van der Waals surface area (Å²) in [5, 5.41) is 13.1. The molecule has 2 amide bonds. The topological polar surface area (TPSA) is 129 Å². The van der Waals surface area contributed by atoms with E-state index in [4.69, 9.17) is 4.74 Å². The number of carbonyl (C=O) groups is 4. The third-order valence-corrected chi connectivity index (χ3v) is 7.65. The zero-order valence-corrected chi connectivity index (χ0v) is 21.2. The van der Waals surface area contributed by atoms with Crippen LogP contribution in [0.1, 0.15) is 59.8 Å². The van der Waals surface area contributed by atoms with Gasteiger partial charge in [-0.25, -0.2) is 0 Å². The van der Waals surface area contributed by atoms with Gasteiger partial charge in [0, 0.05) is 29.8 Å². The molecule has 3 N–H and O–H groups in total. The molecule has 2 aliphatic rings. The maximum atomic E-state index is 13.8. The van der Waals surface area contributed by atoms with Gasteiger partial charge < -0.3 is 25.0 Å². The van der Waals surface area contributed by atoms with E-state index in [2.05, 4.69) is 10.3 Å². The van der Waals surface area contributed by atoms with Gasteiger partial charge in [-0.3, -0.25) is 19.2 Å². The minimum absolute atomic E-state index is 0.0819. The maximum absolute atomic E-state index is 13.8. The van der Waals surface area contributed by atoms with Crippen molar-refractivity contribution in [3.8, 4) is 5.75 Å². The summed E-state index contributed by atoms with van der Waals surface area (Å²) in [6.07, 6.45) is 2.98. The Morgan fingerprint density at radius 3 is 2.74 bits per heavy atom. The summed E-state index contributed by atoms with van der Waals surface area (Å²) in [4.78, 5) is 57.1. The Morgan fingerprint density at radius 1 is 1.16 bits per heavy atom. The van der Waals surface area contributed by atoms with E-state index in [0.29, 0.717) is 29.8 Å². The molecule has 1 aliphatic carbocycles. The predicted octanol–water partition coefficient (Wildman–Crippen LogP) is 3.07. The number of H-pyrrole nitrogens is 1. The van der Waals surface area contributed by atoms with E-state index in [-0.39, 0.29) is 30.6 Å². The zero-order valence-electron chi connectivity index (χ0n) is 21.2. The number of aromatic amines is 1. The molecule has 1 fully saturated rings. The van der Waals surface area contributed by atoms with E-state index in [0.717, 1.165) is 29.3 Å². The molecule has 0 radical (unpaired) electrons. The van der Waals surface area contributed by atoms with Crippen LogP contribution in [-0.2, 0) is 20.9 Å². The number of nitrogens with zero attached hydrogens (tertiary/aromatic N) is 1. The Kier molecular flexibility index (Phi) is 7.28. The van der Waals surface area contributed by atoms with Crippen LogP contribution in [0, 0.1) is 5.92 Å². The fourth-order valence-corrected chi connectivity index (χ4v) is 5.66. The number of benzene rings is 2. The number of rotatable bonds is 8. The normalized spacial score (nSPS) is 19.7. The van der Waals surface area contributed by atoms with Crippen molar-refractivity contribution in [1.82, 2.24) is 15.2 Å². The highest BCUT2D eigenvalue weighted by molar-refractivity contribution is 6.02. The molecule has 0 unspecified atom stereocenters. The highest BCUT2D eigenvalue weighted by Gasteiger charge is 2.41. The molecule has 38 heavy (non-hydrogen) atoms. The van der Waals surface area contributed by atoms with Crippen LogP contribution in [0.15, 0.2) is 48.5 Å². The number of nitrogens with one attached hydrogen (secondary N) is 2. The zero-order chi connectivity index (χ0) is 26.8. The average Bonchev–Trinajstić information content (AvgIpc) is 3.55. The molecule has 1 saturated carbocycles. The van der Waals surface area contributed by atoms with Gasteiger partial charge in [0.05, 0.1) is 13.2 Å². The number of ether oxygens (including phenoxy) is 1. The Hall–Kier alpha value is -3.98. The summed E-state index contributed by atoms with van der Waals surface area (Å²) in [6.45, 7) is -0.522. The Balaban J connectivity index is 1.43. The summed E-state index contributed by atoms with van der Waals surface area (Å²) in [5.41, 5.74) is 2.56. The van der Waals surface area contributed by atoms with E-state index < -0.39 is 30.4 Å². The number of aliphatic hydroxyl groups excluding tert-OH is 1. The number of aromatic nitrogens is 1. The molecule has 2 aromatic carbocycles. The Bertz CT molecular complexity index is 1400. The number of methoxy groups -OCH3 is 1. The average molecular weight is 518 g/mol. The van der Waals surface area contributed by atoms with Crippen LogP contribution in [0.4, 0.5) is 0 Å². The summed E-state index contributed by atoms with van der Waals surface area (Å²) >= 11 is 0. The number of aliphatic hydroxyl groups is 1. The molecule has 1 aliphatic heterocycles. The van der Waals surface area contributed by atoms with Gasteiger partial charge in [-0.2, -0.15) is 0 Å². The van der Waals surface area contributed by atoms with Crippen LogP contribution in [0.5, 0.6) is 5.75 Å². The van der Waals surface area contributed by atoms with Crippen molar-refractivity contribution in [2.75, 3.05) is 13.7 Å². The Morgan fingerprint density at radius 2 is 1.97 bits per heavy atom. The monoisotopic (exact) mass is 517 g/mol. The molecule has 3 atom stereocenters. The molecular weight excluding hydrogens is 486 g/mol. The first-order valence-electron chi connectivity index (χ1n) is 12.9. The second-order valence-corrected chi connectivity index (χ2v) is 9.97. The van der Waals surface area contributed by atoms with Gasteiger partial charge in [0.25, 0.3) is 5.91 Å². The highest BCUT2D eigenvalue weighted by atomic mass is 16.5. The molecule has 0 bridgehead atoms. The van der Waals surface area contributed by atoms with E-state index in [9.17, 15) is 24.3 Å². The van der Waals surface area contributed by atoms with Gasteiger partial charge >= 0.3 is 0 Å². The molecule has 0 spiro atoms. The van der Waals surface area contributed by atoms with E-state index in [1.54, 1.807) is 25.3 Å². The number of ketones is 2. The second kappa shape index (κ2) is 10.8. The van der Waals surface area contributed by atoms with Gasteiger partial charge in [0.15, 0.2) is 5.78 Å². The van der Waals surface area contributed by atoms with Gasteiger partial charge in [-0.15, -0.1) is 0 Å². The predicted molar refractivity (Wildman–Crippen MR) is 140 cm³/mol. The van der Waals surface area contributed by atoms with Gasteiger partial charge in [0.2, 0.25) is 5.91 Å². The molecule has 1 aromatic heterocycles. The SMILES string of the molecule is COc1cccc2[nH]c(C(=O)N3Cc4ccccc4[C@H]3C(=O)N[C@@H](C[C@@H]3CCCCC3=O)C(=O)CO)cc12. The first-order valence-corrected chi connectivity index (χ1v) is 12.9. The van der Waals surface area contributed by atoms with Gasteiger partial charge in [0.1, 0.15) is 29.9 Å². The molecule has 3 aromatic rings. The van der Waals surface area contributed by atoms with Crippen LogP contribution in [0.2, 0.25) is 0 Å².